The average molecular weight is 265 g/mol. The van der Waals surface area contributed by atoms with Crippen LogP contribution in [0.3, 0.4) is 0 Å². The van der Waals surface area contributed by atoms with Crippen LogP contribution in [-0.2, 0) is 6.18 Å². The Kier molecular flexibility index (Phi) is 2.91. The van der Waals surface area contributed by atoms with Crippen molar-refractivity contribution in [3.05, 3.63) is 34.3 Å². The summed E-state index contributed by atoms with van der Waals surface area (Å²) >= 11 is 5.72. The van der Waals surface area contributed by atoms with E-state index in [9.17, 15) is 18.0 Å². The van der Waals surface area contributed by atoms with Crippen LogP contribution in [0.5, 0.6) is 0 Å². The molecule has 2 N–H and O–H groups in total. The van der Waals surface area contributed by atoms with E-state index in [-0.39, 0.29) is 17.1 Å². The van der Waals surface area contributed by atoms with Crippen molar-refractivity contribution >= 4 is 17.6 Å². The third kappa shape index (κ3) is 2.31. The number of hydrogen-bond donors (Lipinski definition) is 2. The van der Waals surface area contributed by atoms with Gasteiger partial charge in [-0.25, -0.2) is 4.79 Å². The molecule has 0 aliphatic carbocycles. The summed E-state index contributed by atoms with van der Waals surface area (Å²) in [5.74, 6) is 0. The number of urea groups is 1. The zero-order valence-electron chi connectivity index (χ0n) is 8.44. The maximum absolute atomic E-state index is 12.6. The van der Waals surface area contributed by atoms with Gasteiger partial charge in [-0.15, -0.1) is 0 Å². The van der Waals surface area contributed by atoms with Gasteiger partial charge in [0.25, 0.3) is 0 Å². The molecule has 0 saturated carbocycles. The van der Waals surface area contributed by atoms with Crippen LogP contribution in [0.1, 0.15) is 17.2 Å². The summed E-state index contributed by atoms with van der Waals surface area (Å²) in [7, 11) is 0. The molecule has 17 heavy (non-hydrogen) atoms. The second-order valence-corrected chi connectivity index (χ2v) is 3.99. The Hall–Kier alpha value is -1.43. The molecule has 0 spiro atoms. The van der Waals surface area contributed by atoms with Gasteiger partial charge >= 0.3 is 12.2 Å². The second kappa shape index (κ2) is 4.10. The van der Waals surface area contributed by atoms with Crippen molar-refractivity contribution in [2.45, 2.75) is 12.2 Å². The molecule has 2 amide bonds. The van der Waals surface area contributed by atoms with Crippen LogP contribution in [0.2, 0.25) is 5.02 Å². The fraction of sp³-hybridized carbons (Fsp3) is 0.300. The van der Waals surface area contributed by atoms with Gasteiger partial charge in [-0.3, -0.25) is 0 Å². The molecule has 0 unspecified atom stereocenters. The summed E-state index contributed by atoms with van der Waals surface area (Å²) in [6.07, 6.45) is -4.50. The number of hydrogen-bond acceptors (Lipinski definition) is 1. The molecule has 1 heterocycles. The van der Waals surface area contributed by atoms with Gasteiger partial charge in [0.05, 0.1) is 16.6 Å². The van der Waals surface area contributed by atoms with Gasteiger partial charge < -0.3 is 10.6 Å². The van der Waals surface area contributed by atoms with Crippen LogP contribution in [-0.4, -0.2) is 12.6 Å². The van der Waals surface area contributed by atoms with Crippen molar-refractivity contribution in [3.63, 3.8) is 0 Å². The first-order valence-electron chi connectivity index (χ1n) is 4.79. The Morgan fingerprint density at radius 1 is 1.35 bits per heavy atom. The highest BCUT2D eigenvalue weighted by molar-refractivity contribution is 6.32. The molecule has 0 aromatic heterocycles. The minimum atomic E-state index is -4.50. The molecule has 92 valence electrons. The number of nitrogens with one attached hydrogen (secondary N) is 2. The van der Waals surface area contributed by atoms with E-state index in [1.807, 2.05) is 0 Å². The van der Waals surface area contributed by atoms with Crippen LogP contribution in [0, 0.1) is 0 Å². The Morgan fingerprint density at radius 2 is 2.06 bits per heavy atom. The van der Waals surface area contributed by atoms with Crippen molar-refractivity contribution in [2.75, 3.05) is 6.54 Å². The zero-order valence-corrected chi connectivity index (χ0v) is 9.19. The SMILES string of the molecule is O=C1NC[C@@H](c2cccc(C(F)(F)F)c2Cl)N1. The number of amides is 2. The average Bonchev–Trinajstić information content (AvgIpc) is 2.63. The minimum Gasteiger partial charge on any atom is -0.336 e. The molecule has 1 aromatic carbocycles. The Bertz CT molecular complexity index is 461. The lowest BCUT2D eigenvalue weighted by molar-refractivity contribution is -0.137. The highest BCUT2D eigenvalue weighted by Gasteiger charge is 2.35. The molecule has 0 radical (unpaired) electrons. The summed E-state index contributed by atoms with van der Waals surface area (Å²) in [5.41, 5.74) is -0.627. The van der Waals surface area contributed by atoms with Gasteiger partial charge in [0.15, 0.2) is 0 Å². The van der Waals surface area contributed by atoms with Crippen molar-refractivity contribution in [2.24, 2.45) is 0 Å². The fourth-order valence-corrected chi connectivity index (χ4v) is 2.05. The first-order valence-corrected chi connectivity index (χ1v) is 5.17. The Morgan fingerprint density at radius 3 is 2.59 bits per heavy atom. The summed E-state index contributed by atoms with van der Waals surface area (Å²) in [4.78, 5) is 10.9. The molecule has 1 fully saturated rings. The maximum atomic E-state index is 12.6. The molecule has 1 aliphatic rings. The number of rotatable bonds is 1. The van der Waals surface area contributed by atoms with E-state index in [2.05, 4.69) is 10.6 Å². The monoisotopic (exact) mass is 264 g/mol. The molecule has 2 rings (SSSR count). The standard InChI is InChI=1S/C10H8ClF3N2O/c11-8-5(7-4-15-9(17)16-7)2-1-3-6(8)10(12,13)14/h1-3,7H,4H2,(H2,15,16,17)/t7-/m0/s1. The van der Waals surface area contributed by atoms with Crippen LogP contribution in [0.25, 0.3) is 0 Å². The van der Waals surface area contributed by atoms with Crippen LogP contribution in [0.4, 0.5) is 18.0 Å². The molecular formula is C10H8ClF3N2O. The Labute approximate surface area is 99.9 Å². The number of carbonyl (C=O) groups excluding carboxylic acids is 1. The highest BCUT2D eigenvalue weighted by atomic mass is 35.5. The van der Waals surface area contributed by atoms with Crippen LogP contribution >= 0.6 is 11.6 Å². The van der Waals surface area contributed by atoms with E-state index in [4.69, 9.17) is 11.6 Å². The first kappa shape index (κ1) is 12.0. The molecular weight excluding hydrogens is 257 g/mol. The minimum absolute atomic E-state index is 0.222. The molecule has 1 aromatic rings. The van der Waals surface area contributed by atoms with Crippen molar-refractivity contribution < 1.29 is 18.0 Å². The van der Waals surface area contributed by atoms with Gasteiger partial charge in [0.1, 0.15) is 0 Å². The highest BCUT2D eigenvalue weighted by Crippen LogP contribution is 2.38. The van der Waals surface area contributed by atoms with E-state index in [1.54, 1.807) is 0 Å². The number of halogens is 4. The zero-order chi connectivity index (χ0) is 12.6. The predicted octanol–water partition coefficient (Wildman–Crippen LogP) is 2.71. The quantitative estimate of drug-likeness (QED) is 0.804. The molecule has 7 heteroatoms. The van der Waals surface area contributed by atoms with Gasteiger partial charge in [-0.2, -0.15) is 13.2 Å². The van der Waals surface area contributed by atoms with Crippen molar-refractivity contribution in [1.29, 1.82) is 0 Å². The number of alkyl halides is 3. The normalized spacial score (nSPS) is 20.0. The summed E-state index contributed by atoms with van der Waals surface area (Å²) in [6.45, 7) is 0.222. The van der Waals surface area contributed by atoms with Gasteiger partial charge in [-0.05, 0) is 11.6 Å². The lowest BCUT2D eigenvalue weighted by Gasteiger charge is -2.15. The first-order chi connectivity index (χ1) is 7.89. The maximum Gasteiger partial charge on any atom is 0.417 e. The summed E-state index contributed by atoms with van der Waals surface area (Å²) in [5, 5.41) is 4.58. The van der Waals surface area contributed by atoms with Crippen LogP contribution < -0.4 is 10.6 Å². The fourth-order valence-electron chi connectivity index (χ4n) is 1.68. The largest absolute Gasteiger partial charge is 0.417 e. The smallest absolute Gasteiger partial charge is 0.336 e. The lowest BCUT2D eigenvalue weighted by atomic mass is 10.0. The number of carbonyl (C=O) groups is 1. The van der Waals surface area contributed by atoms with E-state index in [1.165, 1.54) is 12.1 Å². The Balaban J connectivity index is 2.39. The van der Waals surface area contributed by atoms with E-state index in [0.29, 0.717) is 0 Å². The van der Waals surface area contributed by atoms with Crippen LogP contribution in [0.15, 0.2) is 18.2 Å². The number of benzene rings is 1. The summed E-state index contributed by atoms with van der Waals surface area (Å²) in [6, 6.07) is 2.71. The van der Waals surface area contributed by atoms with E-state index < -0.39 is 23.8 Å². The topological polar surface area (TPSA) is 41.1 Å². The van der Waals surface area contributed by atoms with Gasteiger partial charge in [-0.1, -0.05) is 23.7 Å². The third-order valence-electron chi connectivity index (χ3n) is 2.48. The van der Waals surface area contributed by atoms with E-state index >= 15 is 0 Å². The predicted molar refractivity (Wildman–Crippen MR) is 55.7 cm³/mol. The molecule has 1 aliphatic heterocycles. The summed E-state index contributed by atoms with van der Waals surface area (Å²) < 4.78 is 37.8. The third-order valence-corrected chi connectivity index (χ3v) is 2.90. The molecule has 3 nitrogen and oxygen atoms in total. The van der Waals surface area contributed by atoms with Crippen molar-refractivity contribution in [3.8, 4) is 0 Å². The van der Waals surface area contributed by atoms with Gasteiger partial charge in [0, 0.05) is 6.54 Å². The molecule has 0 bridgehead atoms. The van der Waals surface area contributed by atoms with Crippen molar-refractivity contribution in [1.82, 2.24) is 10.6 Å². The lowest BCUT2D eigenvalue weighted by Crippen LogP contribution is -2.22. The van der Waals surface area contributed by atoms with Gasteiger partial charge in [0.2, 0.25) is 0 Å². The molecule has 1 saturated heterocycles. The molecule has 1 atom stereocenters. The van der Waals surface area contributed by atoms with E-state index in [0.717, 1.165) is 6.07 Å². The second-order valence-electron chi connectivity index (χ2n) is 3.61.